The van der Waals surface area contributed by atoms with Crippen LogP contribution in [0.5, 0.6) is 11.6 Å². The monoisotopic (exact) mass is 318 g/mol. The standard InChI is InChI=1S/C16H15ClN2OS/c1-3-10-7-5-6-8-13(10)20-14-12-9-11(4-2)21-15(12)19-16(17)18-14/h5-9H,3-4H2,1-2H3. The average Bonchev–Trinajstić information content (AvgIpc) is 2.91. The molecule has 0 atom stereocenters. The molecule has 108 valence electrons. The van der Waals surface area contributed by atoms with Gasteiger partial charge in [-0.3, -0.25) is 0 Å². The van der Waals surface area contributed by atoms with E-state index >= 15 is 0 Å². The van der Waals surface area contributed by atoms with Gasteiger partial charge in [0.05, 0.1) is 5.39 Å². The van der Waals surface area contributed by atoms with Crippen molar-refractivity contribution in [2.75, 3.05) is 0 Å². The van der Waals surface area contributed by atoms with Crippen LogP contribution in [0.25, 0.3) is 10.2 Å². The highest BCUT2D eigenvalue weighted by molar-refractivity contribution is 7.18. The second kappa shape index (κ2) is 6.00. The smallest absolute Gasteiger partial charge is 0.232 e. The molecule has 0 aliphatic carbocycles. The number of thiophene rings is 1. The number of aryl methyl sites for hydroxylation is 2. The fourth-order valence-electron chi connectivity index (χ4n) is 2.17. The first-order chi connectivity index (χ1) is 10.2. The molecule has 0 aliphatic rings. The van der Waals surface area contributed by atoms with Gasteiger partial charge in [0.1, 0.15) is 10.6 Å². The van der Waals surface area contributed by atoms with Crippen molar-refractivity contribution in [2.45, 2.75) is 26.7 Å². The lowest BCUT2D eigenvalue weighted by molar-refractivity contribution is 0.463. The Hall–Kier alpha value is -1.65. The minimum absolute atomic E-state index is 0.219. The van der Waals surface area contributed by atoms with Crippen molar-refractivity contribution in [1.29, 1.82) is 0 Å². The van der Waals surface area contributed by atoms with Gasteiger partial charge in [0, 0.05) is 4.88 Å². The van der Waals surface area contributed by atoms with Crippen LogP contribution in [0, 0.1) is 0 Å². The van der Waals surface area contributed by atoms with E-state index in [-0.39, 0.29) is 5.28 Å². The van der Waals surface area contributed by atoms with Gasteiger partial charge in [-0.15, -0.1) is 11.3 Å². The Morgan fingerprint density at radius 1 is 1.14 bits per heavy atom. The van der Waals surface area contributed by atoms with Crippen molar-refractivity contribution >= 4 is 33.2 Å². The van der Waals surface area contributed by atoms with Gasteiger partial charge < -0.3 is 4.74 Å². The topological polar surface area (TPSA) is 35.0 Å². The van der Waals surface area contributed by atoms with Crippen LogP contribution in [0.2, 0.25) is 5.28 Å². The maximum atomic E-state index is 6.02. The number of aromatic nitrogens is 2. The van der Waals surface area contributed by atoms with Crippen molar-refractivity contribution < 1.29 is 4.74 Å². The molecular formula is C16H15ClN2OS. The zero-order chi connectivity index (χ0) is 14.8. The maximum Gasteiger partial charge on any atom is 0.232 e. The van der Waals surface area contributed by atoms with Crippen molar-refractivity contribution in [3.63, 3.8) is 0 Å². The second-order valence-electron chi connectivity index (χ2n) is 4.65. The van der Waals surface area contributed by atoms with Crippen molar-refractivity contribution in [3.05, 3.63) is 46.1 Å². The minimum Gasteiger partial charge on any atom is -0.438 e. The Bertz CT molecular complexity index is 785. The average molecular weight is 319 g/mol. The Kier molecular flexibility index (Phi) is 4.08. The fraction of sp³-hybridized carbons (Fsp3) is 0.250. The molecule has 0 N–H and O–H groups in total. The summed E-state index contributed by atoms with van der Waals surface area (Å²) in [5.74, 6) is 1.35. The Balaban J connectivity index is 2.09. The van der Waals surface area contributed by atoms with Gasteiger partial charge in [0.15, 0.2) is 0 Å². The summed E-state index contributed by atoms with van der Waals surface area (Å²) in [5.41, 5.74) is 1.14. The van der Waals surface area contributed by atoms with Crippen LogP contribution in [-0.2, 0) is 12.8 Å². The van der Waals surface area contributed by atoms with E-state index in [1.807, 2.05) is 18.2 Å². The minimum atomic E-state index is 0.219. The SMILES string of the molecule is CCc1cc2c(Oc3ccccc3CC)nc(Cl)nc2s1. The molecular weight excluding hydrogens is 304 g/mol. The summed E-state index contributed by atoms with van der Waals surface area (Å²) < 4.78 is 6.02. The predicted molar refractivity (Wildman–Crippen MR) is 87.7 cm³/mol. The molecule has 0 amide bonds. The summed E-state index contributed by atoms with van der Waals surface area (Å²) in [6.07, 6.45) is 1.87. The summed E-state index contributed by atoms with van der Waals surface area (Å²) in [4.78, 5) is 10.7. The van der Waals surface area contributed by atoms with E-state index in [9.17, 15) is 0 Å². The van der Waals surface area contributed by atoms with Crippen LogP contribution in [-0.4, -0.2) is 9.97 Å². The van der Waals surface area contributed by atoms with Crippen LogP contribution in [0.4, 0.5) is 0 Å². The number of benzene rings is 1. The first kappa shape index (κ1) is 14.3. The molecule has 0 spiro atoms. The third-order valence-electron chi connectivity index (χ3n) is 3.29. The largest absolute Gasteiger partial charge is 0.438 e. The lowest BCUT2D eigenvalue weighted by atomic mass is 10.1. The van der Waals surface area contributed by atoms with E-state index < -0.39 is 0 Å². The van der Waals surface area contributed by atoms with Crippen molar-refractivity contribution in [1.82, 2.24) is 9.97 Å². The first-order valence-corrected chi connectivity index (χ1v) is 8.12. The van der Waals surface area contributed by atoms with E-state index in [1.165, 1.54) is 4.88 Å². The number of rotatable bonds is 4. The zero-order valence-electron chi connectivity index (χ0n) is 11.9. The summed E-state index contributed by atoms with van der Waals surface area (Å²) in [6.45, 7) is 4.22. The van der Waals surface area contributed by atoms with Crippen LogP contribution >= 0.6 is 22.9 Å². The Labute approximate surface area is 132 Å². The van der Waals surface area contributed by atoms with Crippen molar-refractivity contribution in [3.8, 4) is 11.6 Å². The van der Waals surface area contributed by atoms with Gasteiger partial charge in [-0.2, -0.15) is 4.98 Å². The molecule has 0 bridgehead atoms. The number of hydrogen-bond donors (Lipinski definition) is 0. The lowest BCUT2D eigenvalue weighted by Crippen LogP contribution is -1.94. The zero-order valence-corrected chi connectivity index (χ0v) is 13.5. The van der Waals surface area contributed by atoms with Crippen LogP contribution in [0.1, 0.15) is 24.3 Å². The highest BCUT2D eigenvalue weighted by Gasteiger charge is 2.13. The predicted octanol–water partition coefficient (Wildman–Crippen LogP) is 5.26. The second-order valence-corrected chi connectivity index (χ2v) is 6.10. The van der Waals surface area contributed by atoms with Gasteiger partial charge >= 0.3 is 0 Å². The number of halogens is 1. The number of para-hydroxylation sites is 1. The molecule has 21 heavy (non-hydrogen) atoms. The number of nitrogens with zero attached hydrogens (tertiary/aromatic N) is 2. The van der Waals surface area contributed by atoms with Gasteiger partial charge in [-0.25, -0.2) is 4.98 Å². The van der Waals surface area contributed by atoms with E-state index in [0.29, 0.717) is 5.88 Å². The molecule has 0 unspecified atom stereocenters. The Morgan fingerprint density at radius 2 is 1.95 bits per heavy atom. The molecule has 3 rings (SSSR count). The normalized spacial score (nSPS) is 11.0. The van der Waals surface area contributed by atoms with Gasteiger partial charge in [-0.1, -0.05) is 32.0 Å². The van der Waals surface area contributed by atoms with Gasteiger partial charge in [0.25, 0.3) is 0 Å². The van der Waals surface area contributed by atoms with Crippen LogP contribution < -0.4 is 4.74 Å². The molecule has 5 heteroatoms. The molecule has 2 heterocycles. The summed E-state index contributed by atoms with van der Waals surface area (Å²) >= 11 is 7.65. The summed E-state index contributed by atoms with van der Waals surface area (Å²) in [7, 11) is 0. The molecule has 0 saturated heterocycles. The van der Waals surface area contributed by atoms with Gasteiger partial charge in [0.2, 0.25) is 11.2 Å². The fourth-order valence-corrected chi connectivity index (χ4v) is 3.34. The van der Waals surface area contributed by atoms with Crippen LogP contribution in [0.15, 0.2) is 30.3 Å². The quantitative estimate of drug-likeness (QED) is 0.615. The lowest BCUT2D eigenvalue weighted by Gasteiger charge is -2.09. The number of fused-ring (bicyclic) bond motifs is 1. The molecule has 0 fully saturated rings. The molecule has 2 aromatic heterocycles. The number of ether oxygens (including phenoxy) is 1. The van der Waals surface area contributed by atoms with Crippen molar-refractivity contribution in [2.24, 2.45) is 0 Å². The van der Waals surface area contributed by atoms with Gasteiger partial charge in [-0.05, 0) is 42.1 Å². The molecule has 3 nitrogen and oxygen atoms in total. The molecule has 0 aliphatic heterocycles. The third-order valence-corrected chi connectivity index (χ3v) is 4.63. The molecule has 1 aromatic carbocycles. The maximum absolute atomic E-state index is 6.02. The van der Waals surface area contributed by atoms with E-state index in [4.69, 9.17) is 16.3 Å². The number of hydrogen-bond acceptors (Lipinski definition) is 4. The third kappa shape index (κ3) is 2.87. The first-order valence-electron chi connectivity index (χ1n) is 6.93. The Morgan fingerprint density at radius 3 is 2.71 bits per heavy atom. The summed E-state index contributed by atoms with van der Waals surface area (Å²) in [5, 5.41) is 1.14. The highest BCUT2D eigenvalue weighted by Crippen LogP contribution is 2.35. The van der Waals surface area contributed by atoms with E-state index in [1.54, 1.807) is 11.3 Å². The molecule has 3 aromatic rings. The molecule has 0 saturated carbocycles. The van der Waals surface area contributed by atoms with E-state index in [2.05, 4.69) is 35.9 Å². The summed E-state index contributed by atoms with van der Waals surface area (Å²) in [6, 6.07) is 10.1. The van der Waals surface area contributed by atoms with E-state index in [0.717, 1.165) is 34.4 Å². The highest BCUT2D eigenvalue weighted by atomic mass is 35.5. The van der Waals surface area contributed by atoms with Crippen LogP contribution in [0.3, 0.4) is 0 Å². The molecule has 0 radical (unpaired) electrons.